The van der Waals surface area contributed by atoms with Gasteiger partial charge in [-0.3, -0.25) is 13.9 Å². The summed E-state index contributed by atoms with van der Waals surface area (Å²) in [7, 11) is -3.78. The van der Waals surface area contributed by atoms with Gasteiger partial charge in [-0.15, -0.1) is 0 Å². The molecule has 0 aliphatic heterocycles. The van der Waals surface area contributed by atoms with E-state index in [1.165, 1.54) is 6.92 Å². The summed E-state index contributed by atoms with van der Waals surface area (Å²) in [6.45, 7) is 5.51. The summed E-state index contributed by atoms with van der Waals surface area (Å²) in [5.74, 6) is -0.254. The third kappa shape index (κ3) is 7.40. The lowest BCUT2D eigenvalue weighted by Crippen LogP contribution is -2.46. The number of hydrogen-bond donors (Lipinski definition) is 2. The lowest BCUT2D eigenvalue weighted by Gasteiger charge is -2.27. The SMILES string of the molecule is CCOc1ccc(N([C@@H](C)C(=O)NN=C(C)c2cccc(NC(=O)c3ccccc3)c2)S(C)(=O)=O)cc1. The van der Waals surface area contributed by atoms with E-state index in [0.717, 1.165) is 10.6 Å². The molecule has 0 heterocycles. The predicted molar refractivity (Wildman–Crippen MR) is 146 cm³/mol. The second-order valence-corrected chi connectivity index (χ2v) is 10.1. The molecule has 0 radical (unpaired) electrons. The topological polar surface area (TPSA) is 117 Å². The minimum Gasteiger partial charge on any atom is -0.494 e. The molecule has 9 nitrogen and oxygen atoms in total. The zero-order chi connectivity index (χ0) is 27.0. The van der Waals surface area contributed by atoms with E-state index in [9.17, 15) is 18.0 Å². The van der Waals surface area contributed by atoms with Crippen LogP contribution in [0.25, 0.3) is 0 Å². The van der Waals surface area contributed by atoms with E-state index in [1.54, 1.807) is 79.7 Å². The Bertz CT molecular complexity index is 1370. The van der Waals surface area contributed by atoms with Crippen LogP contribution in [0.2, 0.25) is 0 Å². The number of amides is 2. The second kappa shape index (κ2) is 12.2. The number of rotatable bonds is 10. The van der Waals surface area contributed by atoms with Crippen LogP contribution in [0.1, 0.15) is 36.7 Å². The van der Waals surface area contributed by atoms with Crippen LogP contribution in [-0.2, 0) is 14.8 Å². The smallest absolute Gasteiger partial charge is 0.263 e. The van der Waals surface area contributed by atoms with E-state index in [2.05, 4.69) is 15.8 Å². The molecule has 0 spiro atoms. The summed E-state index contributed by atoms with van der Waals surface area (Å²) in [6.07, 6.45) is 1.04. The molecule has 1 atom stereocenters. The summed E-state index contributed by atoms with van der Waals surface area (Å²) in [5.41, 5.74) is 5.03. The van der Waals surface area contributed by atoms with Gasteiger partial charge < -0.3 is 10.1 Å². The number of hydrogen-bond acceptors (Lipinski definition) is 6. The average Bonchev–Trinajstić information content (AvgIpc) is 2.88. The highest BCUT2D eigenvalue weighted by Crippen LogP contribution is 2.24. The fourth-order valence-corrected chi connectivity index (χ4v) is 4.75. The Kier molecular flexibility index (Phi) is 9.02. The Labute approximate surface area is 217 Å². The maximum atomic E-state index is 12.9. The van der Waals surface area contributed by atoms with Crippen LogP contribution < -0.4 is 19.8 Å². The third-order valence-electron chi connectivity index (χ3n) is 5.40. The number of carbonyl (C=O) groups is 2. The molecule has 0 aromatic heterocycles. The van der Waals surface area contributed by atoms with Gasteiger partial charge >= 0.3 is 0 Å². The molecule has 10 heteroatoms. The molecule has 0 unspecified atom stereocenters. The Morgan fingerprint density at radius 3 is 2.24 bits per heavy atom. The highest BCUT2D eigenvalue weighted by atomic mass is 32.2. The van der Waals surface area contributed by atoms with Gasteiger partial charge in [-0.1, -0.05) is 30.3 Å². The lowest BCUT2D eigenvalue weighted by molar-refractivity contribution is -0.121. The Morgan fingerprint density at radius 2 is 1.62 bits per heavy atom. The summed E-state index contributed by atoms with van der Waals surface area (Å²) >= 11 is 0. The Morgan fingerprint density at radius 1 is 0.973 bits per heavy atom. The van der Waals surface area contributed by atoms with Crippen molar-refractivity contribution in [3.63, 3.8) is 0 Å². The quantitative estimate of drug-likeness (QED) is 0.308. The number of nitrogens with zero attached hydrogens (tertiary/aromatic N) is 2. The molecule has 0 saturated carbocycles. The molecule has 194 valence electrons. The molecule has 2 N–H and O–H groups in total. The number of sulfonamides is 1. The standard InChI is InChI=1S/C27H30N4O5S/c1-5-36-25-16-14-24(15-17-25)31(37(4,34)35)20(3)26(32)30-29-19(2)22-12-9-13-23(18-22)28-27(33)21-10-7-6-8-11-21/h6-18,20H,5H2,1-4H3,(H,28,33)(H,30,32)/t20-/m0/s1. The molecule has 0 aliphatic carbocycles. The monoisotopic (exact) mass is 522 g/mol. The largest absolute Gasteiger partial charge is 0.494 e. The summed E-state index contributed by atoms with van der Waals surface area (Å²) in [6, 6.07) is 21.3. The van der Waals surface area contributed by atoms with Crippen LogP contribution in [0, 0.1) is 0 Å². The van der Waals surface area contributed by atoms with Gasteiger partial charge in [0.1, 0.15) is 11.8 Å². The maximum absolute atomic E-state index is 12.9. The molecular weight excluding hydrogens is 492 g/mol. The zero-order valence-corrected chi connectivity index (χ0v) is 22.0. The first-order valence-electron chi connectivity index (χ1n) is 11.6. The van der Waals surface area contributed by atoms with Crippen LogP contribution in [0.4, 0.5) is 11.4 Å². The van der Waals surface area contributed by atoms with E-state index in [1.807, 2.05) is 13.0 Å². The number of anilines is 2. The lowest BCUT2D eigenvalue weighted by atomic mass is 10.1. The number of carbonyl (C=O) groups excluding carboxylic acids is 2. The van der Waals surface area contributed by atoms with E-state index in [4.69, 9.17) is 4.74 Å². The van der Waals surface area contributed by atoms with E-state index in [0.29, 0.717) is 40.6 Å². The molecule has 37 heavy (non-hydrogen) atoms. The van der Waals surface area contributed by atoms with Crippen molar-refractivity contribution in [3.05, 3.63) is 90.0 Å². The number of benzene rings is 3. The summed E-state index contributed by atoms with van der Waals surface area (Å²) in [4.78, 5) is 25.3. The minimum absolute atomic E-state index is 0.246. The van der Waals surface area contributed by atoms with Gasteiger partial charge in [-0.2, -0.15) is 5.10 Å². The van der Waals surface area contributed by atoms with Gasteiger partial charge in [0.15, 0.2) is 0 Å². The zero-order valence-electron chi connectivity index (χ0n) is 21.1. The number of hydrazone groups is 1. The molecule has 0 bridgehead atoms. The molecule has 3 aromatic carbocycles. The normalized spacial score (nSPS) is 12.4. The Balaban J connectivity index is 1.72. The third-order valence-corrected chi connectivity index (χ3v) is 6.64. The number of ether oxygens (including phenoxy) is 1. The van der Waals surface area contributed by atoms with Crippen LogP contribution in [0.5, 0.6) is 5.75 Å². The van der Waals surface area contributed by atoms with E-state index < -0.39 is 22.0 Å². The first-order valence-corrected chi connectivity index (χ1v) is 13.5. The van der Waals surface area contributed by atoms with Crippen LogP contribution in [0.3, 0.4) is 0 Å². The fourth-order valence-electron chi connectivity index (χ4n) is 3.58. The van der Waals surface area contributed by atoms with Gasteiger partial charge in [-0.25, -0.2) is 13.8 Å². The van der Waals surface area contributed by atoms with Crippen LogP contribution >= 0.6 is 0 Å². The van der Waals surface area contributed by atoms with Crippen LogP contribution in [0.15, 0.2) is 84.0 Å². The fraction of sp³-hybridized carbons (Fsp3) is 0.222. The van der Waals surface area contributed by atoms with Gasteiger partial charge in [0.25, 0.3) is 11.8 Å². The van der Waals surface area contributed by atoms with Gasteiger partial charge in [0, 0.05) is 11.3 Å². The van der Waals surface area contributed by atoms with Crippen molar-refractivity contribution in [1.29, 1.82) is 0 Å². The van der Waals surface area contributed by atoms with Gasteiger partial charge in [-0.05, 0) is 74.9 Å². The average molecular weight is 523 g/mol. The molecular formula is C27H30N4O5S. The van der Waals surface area contributed by atoms with Crippen molar-refractivity contribution in [2.24, 2.45) is 5.10 Å². The van der Waals surface area contributed by atoms with Gasteiger partial charge in [0.2, 0.25) is 10.0 Å². The molecule has 2 amide bonds. The molecule has 3 aromatic rings. The second-order valence-electron chi connectivity index (χ2n) is 8.24. The first-order chi connectivity index (χ1) is 17.6. The molecule has 3 rings (SSSR count). The highest BCUT2D eigenvalue weighted by molar-refractivity contribution is 7.92. The minimum atomic E-state index is -3.78. The van der Waals surface area contributed by atoms with Crippen molar-refractivity contribution < 1.29 is 22.7 Å². The summed E-state index contributed by atoms with van der Waals surface area (Å²) in [5, 5.41) is 6.99. The molecule has 0 saturated heterocycles. The first kappa shape index (κ1) is 27.4. The van der Waals surface area contributed by atoms with Crippen molar-refractivity contribution in [1.82, 2.24) is 5.43 Å². The molecule has 0 fully saturated rings. The van der Waals surface area contributed by atoms with E-state index >= 15 is 0 Å². The highest BCUT2D eigenvalue weighted by Gasteiger charge is 2.29. The van der Waals surface area contributed by atoms with Crippen molar-refractivity contribution in [2.45, 2.75) is 26.8 Å². The van der Waals surface area contributed by atoms with Crippen molar-refractivity contribution in [3.8, 4) is 5.75 Å². The van der Waals surface area contributed by atoms with Crippen molar-refractivity contribution >= 4 is 38.9 Å². The predicted octanol–water partition coefficient (Wildman–Crippen LogP) is 4.03. The number of nitrogens with one attached hydrogen (secondary N) is 2. The Hall–Kier alpha value is -4.18. The van der Waals surface area contributed by atoms with Crippen molar-refractivity contribution in [2.75, 3.05) is 22.5 Å². The van der Waals surface area contributed by atoms with E-state index in [-0.39, 0.29) is 5.91 Å². The van der Waals surface area contributed by atoms with Gasteiger partial charge in [0.05, 0.1) is 24.3 Å². The summed E-state index contributed by atoms with van der Waals surface area (Å²) < 4.78 is 31.5. The molecule has 0 aliphatic rings. The maximum Gasteiger partial charge on any atom is 0.263 e. The van der Waals surface area contributed by atoms with Crippen LogP contribution in [-0.4, -0.2) is 44.8 Å².